The molecule has 2 aromatic carbocycles. The Morgan fingerprint density at radius 1 is 1.09 bits per heavy atom. The smallest absolute Gasteiger partial charge is 0.139 e. The second-order valence-corrected chi connectivity index (χ2v) is 11.4. The van der Waals surface area contributed by atoms with Crippen molar-refractivity contribution in [3.05, 3.63) is 65.2 Å². The first kappa shape index (κ1) is 26.2. The summed E-state index contributed by atoms with van der Waals surface area (Å²) in [4.78, 5) is 4.40. The van der Waals surface area contributed by atoms with Crippen LogP contribution < -0.4 is 5.32 Å². The molecule has 5 atom stereocenters. The van der Waals surface area contributed by atoms with Gasteiger partial charge in [-0.3, -0.25) is 5.32 Å². The van der Waals surface area contributed by atoms with Gasteiger partial charge in [0.15, 0.2) is 0 Å². The fourth-order valence-corrected chi connectivity index (χ4v) is 5.54. The Kier molecular flexibility index (Phi) is 8.58. The molecule has 190 valence electrons. The van der Waals surface area contributed by atoms with Crippen molar-refractivity contribution in [2.45, 2.75) is 96.4 Å². The van der Waals surface area contributed by atoms with E-state index in [2.05, 4.69) is 43.2 Å². The standard InChI is InChI=1S/C28H38N2O4S/c1-18(2)33-27(25(31)21-12-9-13-22-26(21)35-17-29-22)30-23-14-20(34-28(3,4)5)15-24(23)32-16-19-10-7-6-8-11-19/h6-13,17-18,20,23-25,27,30-31H,14-16H2,1-5H3/t20?,23-,24-,25?,27+/m0/s1. The van der Waals surface area contributed by atoms with Crippen molar-refractivity contribution in [1.29, 1.82) is 0 Å². The van der Waals surface area contributed by atoms with E-state index in [0.717, 1.165) is 34.2 Å². The number of rotatable bonds is 10. The maximum absolute atomic E-state index is 11.5. The average molecular weight is 499 g/mol. The molecule has 6 nitrogen and oxygen atoms in total. The van der Waals surface area contributed by atoms with E-state index in [9.17, 15) is 5.11 Å². The number of ether oxygens (including phenoxy) is 3. The van der Waals surface area contributed by atoms with Gasteiger partial charge in [-0.15, -0.1) is 11.3 Å². The summed E-state index contributed by atoms with van der Waals surface area (Å²) >= 11 is 1.54. The van der Waals surface area contributed by atoms with Crippen LogP contribution in [0.4, 0.5) is 0 Å². The summed E-state index contributed by atoms with van der Waals surface area (Å²) in [6.45, 7) is 10.7. The van der Waals surface area contributed by atoms with E-state index < -0.39 is 12.3 Å². The fourth-order valence-electron chi connectivity index (χ4n) is 4.70. The Morgan fingerprint density at radius 2 is 1.86 bits per heavy atom. The summed E-state index contributed by atoms with van der Waals surface area (Å²) in [5, 5.41) is 15.1. The van der Waals surface area contributed by atoms with Gasteiger partial charge >= 0.3 is 0 Å². The highest BCUT2D eigenvalue weighted by atomic mass is 32.1. The minimum atomic E-state index is -0.848. The number of thiazole rings is 1. The van der Waals surface area contributed by atoms with E-state index in [4.69, 9.17) is 14.2 Å². The molecular weight excluding hydrogens is 460 g/mol. The molecule has 2 N–H and O–H groups in total. The third kappa shape index (κ3) is 7.09. The van der Waals surface area contributed by atoms with E-state index in [1.54, 1.807) is 0 Å². The summed E-state index contributed by atoms with van der Waals surface area (Å²) < 4.78 is 20.0. The number of hydrogen-bond donors (Lipinski definition) is 2. The normalized spacial score (nSPS) is 22.7. The highest BCUT2D eigenvalue weighted by Gasteiger charge is 2.40. The molecule has 1 aliphatic carbocycles. The first-order chi connectivity index (χ1) is 16.7. The van der Waals surface area contributed by atoms with Gasteiger partial charge < -0.3 is 19.3 Å². The van der Waals surface area contributed by atoms with E-state index in [1.807, 2.05) is 55.8 Å². The molecule has 0 amide bonds. The van der Waals surface area contributed by atoms with Crippen LogP contribution in [0.25, 0.3) is 10.2 Å². The maximum atomic E-state index is 11.5. The van der Waals surface area contributed by atoms with Gasteiger partial charge in [-0.25, -0.2) is 4.98 Å². The second-order valence-electron chi connectivity index (χ2n) is 10.5. The first-order valence-corrected chi connectivity index (χ1v) is 13.3. The van der Waals surface area contributed by atoms with Crippen molar-refractivity contribution in [2.75, 3.05) is 0 Å². The Bertz CT molecular complexity index is 1070. The molecule has 4 rings (SSSR count). The lowest BCUT2D eigenvalue weighted by atomic mass is 10.1. The van der Waals surface area contributed by atoms with Crippen LogP contribution in [0.5, 0.6) is 0 Å². The summed E-state index contributed by atoms with van der Waals surface area (Å²) in [6, 6.07) is 16.0. The van der Waals surface area contributed by atoms with Gasteiger partial charge in [0.2, 0.25) is 0 Å². The molecule has 2 unspecified atom stereocenters. The summed E-state index contributed by atoms with van der Waals surface area (Å²) in [5.41, 5.74) is 4.42. The van der Waals surface area contributed by atoms with Gasteiger partial charge in [-0.05, 0) is 52.7 Å². The summed E-state index contributed by atoms with van der Waals surface area (Å²) in [6.07, 6.45) is 0.0719. The van der Waals surface area contributed by atoms with Crippen LogP contribution in [0.15, 0.2) is 54.0 Å². The zero-order chi connectivity index (χ0) is 25.0. The molecule has 1 heterocycles. The van der Waals surface area contributed by atoms with Crippen LogP contribution in [0.2, 0.25) is 0 Å². The Labute approximate surface area is 212 Å². The molecule has 35 heavy (non-hydrogen) atoms. The Hall–Kier alpha value is -1.87. The monoisotopic (exact) mass is 498 g/mol. The number of aromatic nitrogens is 1. The van der Waals surface area contributed by atoms with Crippen LogP contribution >= 0.6 is 11.3 Å². The van der Waals surface area contributed by atoms with Gasteiger partial charge in [0.05, 0.1) is 46.2 Å². The lowest BCUT2D eigenvalue weighted by Gasteiger charge is -2.32. The minimum Gasteiger partial charge on any atom is -0.384 e. The van der Waals surface area contributed by atoms with E-state index >= 15 is 0 Å². The SMILES string of the molecule is CC(C)O[C@@H](N[C@H]1CC(OC(C)(C)C)C[C@@H]1OCc1ccccc1)C(O)c1cccc2ncsc12. The van der Waals surface area contributed by atoms with Crippen molar-refractivity contribution in [3.8, 4) is 0 Å². The average Bonchev–Trinajstić information content (AvgIpc) is 3.42. The zero-order valence-corrected chi connectivity index (χ0v) is 22.1. The van der Waals surface area contributed by atoms with Crippen molar-refractivity contribution in [3.63, 3.8) is 0 Å². The third-order valence-electron chi connectivity index (χ3n) is 6.08. The van der Waals surface area contributed by atoms with Gasteiger partial charge in [-0.2, -0.15) is 0 Å². The molecule has 0 bridgehead atoms. The Balaban J connectivity index is 1.53. The number of benzene rings is 2. The molecule has 1 saturated carbocycles. The maximum Gasteiger partial charge on any atom is 0.139 e. The molecular formula is C28H38N2O4S. The summed E-state index contributed by atoms with van der Waals surface area (Å²) in [7, 11) is 0. The molecule has 1 aliphatic rings. The number of fused-ring (bicyclic) bond motifs is 1. The summed E-state index contributed by atoms with van der Waals surface area (Å²) in [5.74, 6) is 0. The van der Waals surface area contributed by atoms with E-state index in [-0.39, 0.29) is 30.0 Å². The molecule has 3 aromatic rings. The quantitative estimate of drug-likeness (QED) is 0.355. The van der Waals surface area contributed by atoms with Gasteiger partial charge in [0, 0.05) is 18.0 Å². The largest absolute Gasteiger partial charge is 0.384 e. The lowest BCUT2D eigenvalue weighted by Crippen LogP contribution is -2.48. The van der Waals surface area contributed by atoms with Gasteiger partial charge in [-0.1, -0.05) is 42.5 Å². The molecule has 1 aromatic heterocycles. The minimum absolute atomic E-state index is 0.0230. The highest BCUT2D eigenvalue weighted by Crippen LogP contribution is 2.33. The topological polar surface area (TPSA) is 72.8 Å². The zero-order valence-electron chi connectivity index (χ0n) is 21.3. The fraction of sp³-hybridized carbons (Fsp3) is 0.536. The van der Waals surface area contributed by atoms with Crippen LogP contribution in [-0.2, 0) is 20.8 Å². The number of aliphatic hydroxyl groups excluding tert-OH is 1. The molecule has 0 radical (unpaired) electrons. The first-order valence-electron chi connectivity index (χ1n) is 12.4. The molecule has 0 spiro atoms. The molecule has 7 heteroatoms. The van der Waals surface area contributed by atoms with Crippen LogP contribution in [0.3, 0.4) is 0 Å². The van der Waals surface area contributed by atoms with Crippen molar-refractivity contribution in [2.24, 2.45) is 0 Å². The number of nitrogens with one attached hydrogen (secondary N) is 1. The molecule has 0 saturated heterocycles. The van der Waals surface area contributed by atoms with Gasteiger partial charge in [0.1, 0.15) is 12.3 Å². The van der Waals surface area contributed by atoms with Crippen LogP contribution in [0, 0.1) is 0 Å². The third-order valence-corrected chi connectivity index (χ3v) is 6.97. The van der Waals surface area contributed by atoms with Crippen LogP contribution in [0.1, 0.15) is 64.7 Å². The number of nitrogens with zero attached hydrogens (tertiary/aromatic N) is 1. The number of hydrogen-bond acceptors (Lipinski definition) is 7. The van der Waals surface area contributed by atoms with E-state index in [1.165, 1.54) is 11.3 Å². The van der Waals surface area contributed by atoms with Gasteiger partial charge in [0.25, 0.3) is 0 Å². The van der Waals surface area contributed by atoms with Crippen molar-refractivity contribution < 1.29 is 19.3 Å². The van der Waals surface area contributed by atoms with Crippen molar-refractivity contribution in [1.82, 2.24) is 10.3 Å². The number of aliphatic hydroxyl groups is 1. The lowest BCUT2D eigenvalue weighted by molar-refractivity contribution is -0.0971. The van der Waals surface area contributed by atoms with Crippen LogP contribution in [-0.4, -0.2) is 46.3 Å². The van der Waals surface area contributed by atoms with E-state index in [0.29, 0.717) is 6.61 Å². The molecule has 1 fully saturated rings. The second kappa shape index (κ2) is 11.5. The Morgan fingerprint density at radius 3 is 2.57 bits per heavy atom. The predicted octanol–water partition coefficient (Wildman–Crippen LogP) is 5.60. The van der Waals surface area contributed by atoms with Crippen molar-refractivity contribution >= 4 is 21.6 Å². The molecule has 0 aliphatic heterocycles. The predicted molar refractivity (Wildman–Crippen MR) is 140 cm³/mol. The highest BCUT2D eigenvalue weighted by molar-refractivity contribution is 7.16.